The lowest BCUT2D eigenvalue weighted by atomic mass is 10.3. The second-order valence-electron chi connectivity index (χ2n) is 5.19. The molecule has 1 heterocycles. The van der Waals surface area contributed by atoms with Crippen molar-refractivity contribution in [3.63, 3.8) is 0 Å². The van der Waals surface area contributed by atoms with E-state index in [9.17, 15) is 4.79 Å². The molecule has 1 unspecified atom stereocenters. The maximum atomic E-state index is 11.5. The highest BCUT2D eigenvalue weighted by atomic mass is 32.2. The molecular formula is C15H23N3O3S. The second-order valence-corrected chi connectivity index (χ2v) is 6.34. The van der Waals surface area contributed by atoms with Gasteiger partial charge in [-0.05, 0) is 13.8 Å². The number of esters is 1. The normalized spacial score (nSPS) is 16.5. The van der Waals surface area contributed by atoms with Gasteiger partial charge in [0.05, 0.1) is 32.3 Å². The summed E-state index contributed by atoms with van der Waals surface area (Å²) in [7, 11) is 0. The molecule has 0 aromatic rings. The van der Waals surface area contributed by atoms with E-state index in [-0.39, 0.29) is 6.61 Å². The monoisotopic (exact) mass is 325 g/mol. The number of hydrogen-bond donors (Lipinski definition) is 0. The van der Waals surface area contributed by atoms with Gasteiger partial charge in [-0.25, -0.2) is 10.7 Å². The Hall–Kier alpha value is -1.32. The summed E-state index contributed by atoms with van der Waals surface area (Å²) in [5, 5.41) is 17.2. The zero-order valence-electron chi connectivity index (χ0n) is 13.2. The van der Waals surface area contributed by atoms with E-state index < -0.39 is 11.5 Å². The highest BCUT2D eigenvalue weighted by Gasteiger charge is 2.25. The van der Waals surface area contributed by atoms with Crippen molar-refractivity contribution >= 4 is 23.6 Å². The van der Waals surface area contributed by atoms with Gasteiger partial charge in [-0.3, -0.25) is 0 Å². The van der Waals surface area contributed by atoms with E-state index in [1.807, 2.05) is 11.8 Å². The van der Waals surface area contributed by atoms with Gasteiger partial charge in [0.25, 0.3) is 0 Å². The average molecular weight is 325 g/mol. The minimum Gasteiger partial charge on any atom is -0.762 e. The minimum absolute atomic E-state index is 0.226. The number of epoxide rings is 1. The Balaban J connectivity index is 2.36. The quantitative estimate of drug-likeness (QED) is 0.108. The van der Waals surface area contributed by atoms with Crippen molar-refractivity contribution in [2.75, 3.05) is 50.9 Å². The van der Waals surface area contributed by atoms with E-state index in [0.717, 1.165) is 42.2 Å². The highest BCUT2D eigenvalue weighted by molar-refractivity contribution is 7.99. The fourth-order valence-corrected chi connectivity index (χ4v) is 3.26. The van der Waals surface area contributed by atoms with Crippen LogP contribution in [0.1, 0.15) is 13.8 Å². The smallest absolute Gasteiger partial charge is 0.355 e. The van der Waals surface area contributed by atoms with Crippen LogP contribution in [0.5, 0.6) is 0 Å². The molecule has 0 spiro atoms. The van der Waals surface area contributed by atoms with E-state index in [0.29, 0.717) is 12.6 Å². The van der Waals surface area contributed by atoms with Gasteiger partial charge in [0.1, 0.15) is 19.2 Å². The number of rotatable bonds is 11. The van der Waals surface area contributed by atoms with Crippen LogP contribution in [-0.2, 0) is 14.3 Å². The van der Waals surface area contributed by atoms with Crippen LogP contribution >= 0.6 is 11.8 Å². The van der Waals surface area contributed by atoms with E-state index in [4.69, 9.17) is 20.1 Å². The van der Waals surface area contributed by atoms with Crippen LogP contribution in [0, 0.1) is 11.3 Å². The van der Waals surface area contributed by atoms with Crippen LogP contribution < -0.4 is 0 Å². The first-order valence-corrected chi connectivity index (χ1v) is 8.65. The van der Waals surface area contributed by atoms with Crippen LogP contribution in [0.4, 0.5) is 0 Å². The predicted molar refractivity (Wildman–Crippen MR) is 86.6 cm³/mol. The molecule has 1 atom stereocenters. The number of quaternary nitrogens is 1. The first-order chi connectivity index (χ1) is 10.6. The molecule has 0 aliphatic carbocycles. The summed E-state index contributed by atoms with van der Waals surface area (Å²) in [5.41, 5.74) is -0.494. The number of thioether (sulfide) groups is 1. The number of hydrogen-bond acceptors (Lipinski definition) is 5. The number of carbonyl (C=O) groups is 1. The molecule has 0 bridgehead atoms. The molecular weight excluding hydrogens is 302 g/mol. The number of likely N-dealkylation sites (N-methyl/N-ethyl adjacent to an activating group) is 1. The van der Waals surface area contributed by atoms with E-state index in [2.05, 4.69) is 13.8 Å². The molecule has 0 amide bonds. The van der Waals surface area contributed by atoms with Crippen LogP contribution in [0.3, 0.4) is 0 Å². The summed E-state index contributed by atoms with van der Waals surface area (Å²) in [4.78, 5) is 11.5. The Bertz CT molecular complexity index is 461. The molecule has 0 radical (unpaired) electrons. The van der Waals surface area contributed by atoms with Gasteiger partial charge in [-0.2, -0.15) is 17.0 Å². The number of nitrogens with zero attached hydrogens (tertiary/aromatic N) is 3. The fourth-order valence-electron chi connectivity index (χ4n) is 2.13. The average Bonchev–Trinajstić information content (AvgIpc) is 3.35. The zero-order valence-corrected chi connectivity index (χ0v) is 14.0. The predicted octanol–water partition coefficient (Wildman–Crippen LogP) is 1.21. The van der Waals surface area contributed by atoms with Gasteiger partial charge < -0.3 is 19.4 Å². The summed E-state index contributed by atoms with van der Waals surface area (Å²) in [6.45, 7) is 9.00. The topological polar surface area (TPSA) is 84.9 Å². The number of ether oxygens (including phenoxy) is 2. The van der Waals surface area contributed by atoms with Crippen LogP contribution in [-0.4, -0.2) is 73.3 Å². The van der Waals surface area contributed by atoms with Crippen molar-refractivity contribution in [3.05, 3.63) is 11.0 Å². The maximum absolute atomic E-state index is 11.5. The maximum Gasteiger partial charge on any atom is 0.355 e. The lowest BCUT2D eigenvalue weighted by molar-refractivity contribution is -0.922. The van der Waals surface area contributed by atoms with Gasteiger partial charge in [0.15, 0.2) is 5.57 Å². The molecule has 0 saturated carbocycles. The highest BCUT2D eigenvalue weighted by Crippen LogP contribution is 2.17. The first-order valence-electron chi connectivity index (χ1n) is 7.49. The Kier molecular flexibility index (Phi) is 8.21. The van der Waals surface area contributed by atoms with Gasteiger partial charge in [0.2, 0.25) is 0 Å². The number of carbonyl (C=O) groups excluding carboxylic acids is 1. The van der Waals surface area contributed by atoms with Crippen molar-refractivity contribution in [3.8, 4) is 6.07 Å². The minimum atomic E-state index is -0.824. The van der Waals surface area contributed by atoms with Crippen molar-refractivity contribution in [2.45, 2.75) is 20.0 Å². The molecule has 1 rings (SSSR count). The van der Waals surface area contributed by atoms with Gasteiger partial charge >= 0.3 is 5.97 Å². The molecule has 0 N–H and O–H groups in total. The Labute approximate surface area is 136 Å². The summed E-state index contributed by atoms with van der Waals surface area (Å²) < 4.78 is 11.1. The summed E-state index contributed by atoms with van der Waals surface area (Å²) >= 11 is 1.89. The largest absolute Gasteiger partial charge is 0.762 e. The molecule has 1 aliphatic heterocycles. The Morgan fingerprint density at radius 2 is 2.14 bits per heavy atom. The summed E-state index contributed by atoms with van der Waals surface area (Å²) in [6, 6.07) is 1.55. The molecule has 1 saturated heterocycles. The Morgan fingerprint density at radius 3 is 2.64 bits per heavy atom. The van der Waals surface area contributed by atoms with Crippen LogP contribution in [0.15, 0.2) is 5.57 Å². The SMILES string of the molecule is CC[N+](CC)(CCOC(=O)C(=C=[N-])C#N)CCSCC1CO1. The third kappa shape index (κ3) is 6.20. The van der Waals surface area contributed by atoms with Crippen LogP contribution in [0.2, 0.25) is 0 Å². The van der Waals surface area contributed by atoms with Gasteiger partial charge in [-0.15, -0.1) is 0 Å². The van der Waals surface area contributed by atoms with Gasteiger partial charge in [-0.1, -0.05) is 0 Å². The molecule has 0 aromatic carbocycles. The molecule has 6 nitrogen and oxygen atoms in total. The number of nitriles is 1. The molecule has 7 heteroatoms. The second kappa shape index (κ2) is 9.65. The van der Waals surface area contributed by atoms with E-state index >= 15 is 0 Å². The lowest BCUT2D eigenvalue weighted by Crippen LogP contribution is -2.51. The third-order valence-electron chi connectivity index (χ3n) is 3.98. The molecule has 0 aromatic heterocycles. The van der Waals surface area contributed by atoms with E-state index in [1.54, 1.807) is 11.9 Å². The Morgan fingerprint density at radius 1 is 1.45 bits per heavy atom. The van der Waals surface area contributed by atoms with Crippen molar-refractivity contribution in [1.82, 2.24) is 0 Å². The molecule has 22 heavy (non-hydrogen) atoms. The summed E-state index contributed by atoms with van der Waals surface area (Å²) in [6.07, 6.45) is 0.446. The standard InChI is InChI=1S/C15H23N3O3S/c1-3-18(4-2,6-8-22-12-14-11-21-14)5-7-20-15(19)13(9-16)10-17/h14H,3-8,11-12H2,1-2H3. The summed E-state index contributed by atoms with van der Waals surface area (Å²) in [5.74, 6) is 2.81. The van der Waals surface area contributed by atoms with Gasteiger partial charge in [0, 0.05) is 11.5 Å². The molecule has 122 valence electrons. The molecule has 1 fully saturated rings. The molecule has 1 aliphatic rings. The third-order valence-corrected chi connectivity index (χ3v) is 5.06. The zero-order chi connectivity index (χ0) is 16.4. The van der Waals surface area contributed by atoms with Crippen molar-refractivity contribution in [2.24, 2.45) is 0 Å². The van der Waals surface area contributed by atoms with Crippen molar-refractivity contribution < 1.29 is 18.8 Å². The fraction of sp³-hybridized carbons (Fsp3) is 0.733. The van der Waals surface area contributed by atoms with Crippen LogP contribution in [0.25, 0.3) is 5.41 Å². The van der Waals surface area contributed by atoms with Crippen molar-refractivity contribution in [1.29, 1.82) is 5.26 Å². The lowest BCUT2D eigenvalue weighted by Gasteiger charge is -2.36. The first kappa shape index (κ1) is 18.7. The van der Waals surface area contributed by atoms with E-state index in [1.165, 1.54) is 0 Å².